The average molecular weight is 237 g/mol. The van der Waals surface area contributed by atoms with Crippen LogP contribution < -0.4 is 0 Å². The first-order chi connectivity index (χ1) is 7.70. The molecule has 2 atom stereocenters. The van der Waals surface area contributed by atoms with Gasteiger partial charge in [0.15, 0.2) is 0 Å². The van der Waals surface area contributed by atoms with E-state index >= 15 is 0 Å². The molecule has 0 radical (unpaired) electrons. The predicted molar refractivity (Wildman–Crippen MR) is 71.2 cm³/mol. The van der Waals surface area contributed by atoms with Crippen molar-refractivity contribution in [2.75, 3.05) is 0 Å². The molecule has 16 heavy (non-hydrogen) atoms. The molecule has 0 aliphatic heterocycles. The van der Waals surface area contributed by atoms with Gasteiger partial charge in [-0.2, -0.15) is 0 Å². The van der Waals surface area contributed by atoms with Crippen molar-refractivity contribution >= 4 is 11.6 Å². The number of benzene rings is 1. The van der Waals surface area contributed by atoms with Gasteiger partial charge in [-0.1, -0.05) is 44.5 Å². The Morgan fingerprint density at radius 1 is 1.19 bits per heavy atom. The van der Waals surface area contributed by atoms with Gasteiger partial charge in [-0.15, -0.1) is 11.6 Å². The van der Waals surface area contributed by atoms with Crippen LogP contribution in [0.2, 0.25) is 0 Å². The zero-order valence-electron chi connectivity index (χ0n) is 10.2. The molecule has 0 bridgehead atoms. The van der Waals surface area contributed by atoms with Crippen LogP contribution in [0.4, 0.5) is 0 Å². The van der Waals surface area contributed by atoms with Crippen molar-refractivity contribution in [2.45, 2.75) is 50.8 Å². The molecule has 2 unspecified atom stereocenters. The monoisotopic (exact) mass is 236 g/mol. The molecule has 1 aliphatic carbocycles. The summed E-state index contributed by atoms with van der Waals surface area (Å²) < 4.78 is 0. The summed E-state index contributed by atoms with van der Waals surface area (Å²) in [7, 11) is 0. The van der Waals surface area contributed by atoms with E-state index < -0.39 is 0 Å². The molecular weight excluding hydrogens is 216 g/mol. The van der Waals surface area contributed by atoms with Gasteiger partial charge in [0.2, 0.25) is 0 Å². The quantitative estimate of drug-likeness (QED) is 0.513. The molecule has 1 aromatic carbocycles. The SMILES string of the molecule is CC(C)C(Cl)C1CCCCc2ccccc21. The third kappa shape index (κ3) is 2.43. The smallest absolute Gasteiger partial charge is 0.0427 e. The number of rotatable bonds is 2. The van der Waals surface area contributed by atoms with Crippen LogP contribution in [0.3, 0.4) is 0 Å². The molecule has 0 amide bonds. The highest BCUT2D eigenvalue weighted by Crippen LogP contribution is 2.37. The second-order valence-corrected chi connectivity index (χ2v) is 5.74. The van der Waals surface area contributed by atoms with Gasteiger partial charge in [-0.05, 0) is 36.3 Å². The topological polar surface area (TPSA) is 0 Å². The van der Waals surface area contributed by atoms with Crippen molar-refractivity contribution in [3.05, 3.63) is 35.4 Å². The predicted octanol–water partition coefficient (Wildman–Crippen LogP) is 4.76. The molecule has 0 heterocycles. The average Bonchev–Trinajstić information content (AvgIpc) is 2.50. The second kappa shape index (κ2) is 5.23. The normalized spacial score (nSPS) is 22.6. The van der Waals surface area contributed by atoms with Gasteiger partial charge in [0.05, 0.1) is 0 Å². The molecule has 88 valence electrons. The van der Waals surface area contributed by atoms with Crippen molar-refractivity contribution in [1.82, 2.24) is 0 Å². The molecular formula is C15H21Cl. The Balaban J connectivity index is 2.32. The summed E-state index contributed by atoms with van der Waals surface area (Å²) in [4.78, 5) is 0. The molecule has 0 aromatic heterocycles. The maximum Gasteiger partial charge on any atom is 0.0427 e. The van der Waals surface area contributed by atoms with Gasteiger partial charge in [-0.3, -0.25) is 0 Å². The number of hydrogen-bond acceptors (Lipinski definition) is 0. The summed E-state index contributed by atoms with van der Waals surface area (Å²) in [5.74, 6) is 1.11. The fraction of sp³-hybridized carbons (Fsp3) is 0.600. The minimum absolute atomic E-state index is 0.277. The van der Waals surface area contributed by atoms with E-state index in [-0.39, 0.29) is 5.38 Å². The summed E-state index contributed by atoms with van der Waals surface area (Å²) >= 11 is 6.59. The summed E-state index contributed by atoms with van der Waals surface area (Å²) in [6.45, 7) is 4.45. The molecule has 2 rings (SSSR count). The number of aryl methyl sites for hydroxylation is 1. The third-order valence-corrected chi connectivity index (χ3v) is 4.50. The van der Waals surface area contributed by atoms with E-state index in [1.807, 2.05) is 0 Å². The summed E-state index contributed by atoms with van der Waals surface area (Å²) in [6, 6.07) is 8.86. The lowest BCUT2D eigenvalue weighted by molar-refractivity contribution is 0.478. The molecule has 0 saturated carbocycles. The van der Waals surface area contributed by atoms with E-state index in [9.17, 15) is 0 Å². The van der Waals surface area contributed by atoms with Crippen LogP contribution in [0.1, 0.15) is 50.2 Å². The van der Waals surface area contributed by atoms with Crippen LogP contribution in [0.5, 0.6) is 0 Å². The Morgan fingerprint density at radius 2 is 1.94 bits per heavy atom. The Labute approximate surface area is 104 Å². The van der Waals surface area contributed by atoms with Gasteiger partial charge in [0.1, 0.15) is 0 Å². The maximum absolute atomic E-state index is 6.59. The van der Waals surface area contributed by atoms with E-state index in [0.29, 0.717) is 11.8 Å². The van der Waals surface area contributed by atoms with Crippen LogP contribution in [0.25, 0.3) is 0 Å². The minimum atomic E-state index is 0.277. The number of hydrogen-bond donors (Lipinski definition) is 0. The minimum Gasteiger partial charge on any atom is -0.122 e. The van der Waals surface area contributed by atoms with Crippen molar-refractivity contribution in [3.8, 4) is 0 Å². The van der Waals surface area contributed by atoms with Gasteiger partial charge in [0.25, 0.3) is 0 Å². The zero-order valence-corrected chi connectivity index (χ0v) is 11.0. The number of fused-ring (bicyclic) bond motifs is 1. The fourth-order valence-corrected chi connectivity index (χ4v) is 3.02. The standard InChI is InChI=1S/C15H21Cl/c1-11(2)15(16)14-10-6-4-8-12-7-3-5-9-13(12)14/h3,5,7,9,11,14-15H,4,6,8,10H2,1-2H3. The van der Waals surface area contributed by atoms with Gasteiger partial charge < -0.3 is 0 Å². The molecule has 0 saturated heterocycles. The third-order valence-electron chi connectivity index (χ3n) is 3.69. The second-order valence-electron chi connectivity index (χ2n) is 5.24. The Bertz CT molecular complexity index is 343. The van der Waals surface area contributed by atoms with Crippen LogP contribution >= 0.6 is 11.6 Å². The molecule has 1 heteroatoms. The lowest BCUT2D eigenvalue weighted by Gasteiger charge is -2.25. The molecule has 0 nitrogen and oxygen atoms in total. The van der Waals surface area contributed by atoms with Gasteiger partial charge >= 0.3 is 0 Å². The first-order valence-corrected chi connectivity index (χ1v) is 6.85. The molecule has 0 N–H and O–H groups in total. The maximum atomic E-state index is 6.59. The van der Waals surface area contributed by atoms with Crippen LogP contribution in [-0.2, 0) is 6.42 Å². The highest BCUT2D eigenvalue weighted by Gasteiger charge is 2.26. The van der Waals surface area contributed by atoms with E-state index in [4.69, 9.17) is 11.6 Å². The molecule has 0 spiro atoms. The van der Waals surface area contributed by atoms with Crippen LogP contribution in [0, 0.1) is 5.92 Å². The fourth-order valence-electron chi connectivity index (χ4n) is 2.75. The van der Waals surface area contributed by atoms with E-state index in [1.54, 1.807) is 0 Å². The van der Waals surface area contributed by atoms with Gasteiger partial charge in [0, 0.05) is 11.3 Å². The lowest BCUT2D eigenvalue weighted by Crippen LogP contribution is -2.19. The summed E-state index contributed by atoms with van der Waals surface area (Å²) in [5, 5.41) is 0.277. The van der Waals surface area contributed by atoms with Gasteiger partial charge in [-0.25, -0.2) is 0 Å². The molecule has 0 fully saturated rings. The Hall–Kier alpha value is -0.490. The molecule has 1 aromatic rings. The van der Waals surface area contributed by atoms with Crippen LogP contribution in [-0.4, -0.2) is 5.38 Å². The largest absolute Gasteiger partial charge is 0.122 e. The lowest BCUT2D eigenvalue weighted by atomic mass is 9.85. The Morgan fingerprint density at radius 3 is 2.69 bits per heavy atom. The summed E-state index contributed by atoms with van der Waals surface area (Å²) in [5.41, 5.74) is 3.03. The van der Waals surface area contributed by atoms with Crippen LogP contribution in [0.15, 0.2) is 24.3 Å². The number of halogens is 1. The molecule has 1 aliphatic rings. The van der Waals surface area contributed by atoms with E-state index in [0.717, 1.165) is 0 Å². The highest BCUT2D eigenvalue weighted by atomic mass is 35.5. The summed E-state index contributed by atoms with van der Waals surface area (Å²) in [6.07, 6.45) is 5.11. The number of alkyl halides is 1. The van der Waals surface area contributed by atoms with Crippen molar-refractivity contribution < 1.29 is 0 Å². The van der Waals surface area contributed by atoms with Crippen molar-refractivity contribution in [3.63, 3.8) is 0 Å². The zero-order chi connectivity index (χ0) is 11.5. The van der Waals surface area contributed by atoms with Crippen molar-refractivity contribution in [2.24, 2.45) is 5.92 Å². The van der Waals surface area contributed by atoms with E-state index in [1.165, 1.54) is 36.8 Å². The first kappa shape index (κ1) is 12.0. The highest BCUT2D eigenvalue weighted by molar-refractivity contribution is 6.21. The Kier molecular flexibility index (Phi) is 3.91. The first-order valence-electron chi connectivity index (χ1n) is 6.42. The van der Waals surface area contributed by atoms with E-state index in [2.05, 4.69) is 38.1 Å². The van der Waals surface area contributed by atoms with Crippen molar-refractivity contribution in [1.29, 1.82) is 0 Å².